The van der Waals surface area contributed by atoms with Crippen molar-refractivity contribution in [2.24, 2.45) is 0 Å². The van der Waals surface area contributed by atoms with Gasteiger partial charge in [-0.1, -0.05) is 26.8 Å². The molecule has 0 fully saturated rings. The van der Waals surface area contributed by atoms with Gasteiger partial charge < -0.3 is 5.32 Å². The average Bonchev–Trinajstić information content (AvgIpc) is 2.88. The zero-order valence-electron chi connectivity index (χ0n) is 11.6. The molecular weight excluding hydrogens is 254 g/mol. The van der Waals surface area contributed by atoms with Crippen LogP contribution in [0, 0.1) is 11.3 Å². The first kappa shape index (κ1) is 13.7. The Morgan fingerprint density at radius 2 is 2.15 bits per heavy atom. The molecule has 102 valence electrons. The number of H-pyrrole nitrogens is 1. The smallest absolute Gasteiger partial charge is 0.295 e. The summed E-state index contributed by atoms with van der Waals surface area (Å²) >= 11 is 0. The Balaban J connectivity index is 2.16. The molecule has 2 aromatic rings. The van der Waals surface area contributed by atoms with E-state index in [9.17, 15) is 4.79 Å². The molecule has 0 unspecified atom stereocenters. The largest absolute Gasteiger partial charge is 0.319 e. The van der Waals surface area contributed by atoms with E-state index in [1.54, 1.807) is 24.3 Å². The van der Waals surface area contributed by atoms with Gasteiger partial charge >= 0.3 is 0 Å². The van der Waals surface area contributed by atoms with Gasteiger partial charge in [0.05, 0.1) is 11.6 Å². The van der Waals surface area contributed by atoms with E-state index in [2.05, 4.69) is 20.5 Å². The van der Waals surface area contributed by atoms with Crippen molar-refractivity contribution in [2.45, 2.75) is 26.2 Å². The highest BCUT2D eigenvalue weighted by Crippen LogP contribution is 2.17. The van der Waals surface area contributed by atoms with Crippen LogP contribution in [-0.2, 0) is 5.41 Å². The molecule has 0 saturated carbocycles. The van der Waals surface area contributed by atoms with E-state index in [-0.39, 0.29) is 11.2 Å². The minimum atomic E-state index is -0.410. The van der Waals surface area contributed by atoms with Gasteiger partial charge in [-0.3, -0.25) is 9.89 Å². The van der Waals surface area contributed by atoms with Crippen LogP contribution in [0.2, 0.25) is 0 Å². The number of anilines is 1. The van der Waals surface area contributed by atoms with Gasteiger partial charge in [0.2, 0.25) is 5.82 Å². The number of carbonyl (C=O) groups excluding carboxylic acids is 1. The van der Waals surface area contributed by atoms with E-state index in [1.165, 1.54) is 0 Å². The molecular formula is C14H15N5O. The first-order valence-corrected chi connectivity index (χ1v) is 6.14. The number of amides is 1. The molecule has 2 rings (SSSR count). The van der Waals surface area contributed by atoms with Crippen molar-refractivity contribution in [3.05, 3.63) is 41.5 Å². The third-order valence-corrected chi connectivity index (χ3v) is 2.65. The number of aromatic nitrogens is 3. The number of nitrogens with one attached hydrogen (secondary N) is 2. The van der Waals surface area contributed by atoms with E-state index < -0.39 is 5.91 Å². The predicted octanol–water partition coefficient (Wildman–Crippen LogP) is 2.23. The molecule has 0 aliphatic rings. The molecule has 6 heteroatoms. The standard InChI is InChI=1S/C14H15N5O/c1-14(2,3)13-17-11(18-19-13)12(20)16-10-6-4-5-9(7-10)8-15/h4-7H,1-3H3,(H,16,20)(H,17,18,19). The van der Waals surface area contributed by atoms with Crippen LogP contribution >= 0.6 is 0 Å². The summed E-state index contributed by atoms with van der Waals surface area (Å²) in [6.45, 7) is 5.93. The van der Waals surface area contributed by atoms with Crippen LogP contribution in [0.5, 0.6) is 0 Å². The average molecular weight is 269 g/mol. The zero-order valence-corrected chi connectivity index (χ0v) is 11.6. The molecule has 0 bridgehead atoms. The Kier molecular flexibility index (Phi) is 3.53. The van der Waals surface area contributed by atoms with Crippen LogP contribution < -0.4 is 5.32 Å². The van der Waals surface area contributed by atoms with Gasteiger partial charge in [-0.05, 0) is 18.2 Å². The molecule has 0 saturated heterocycles. The second-order valence-corrected chi connectivity index (χ2v) is 5.40. The normalized spacial score (nSPS) is 10.9. The van der Waals surface area contributed by atoms with Crippen molar-refractivity contribution in [1.82, 2.24) is 15.2 Å². The molecule has 1 aromatic carbocycles. The van der Waals surface area contributed by atoms with Crippen molar-refractivity contribution >= 4 is 11.6 Å². The van der Waals surface area contributed by atoms with Crippen LogP contribution in [-0.4, -0.2) is 21.1 Å². The first-order chi connectivity index (χ1) is 9.40. The number of rotatable bonds is 2. The third kappa shape index (κ3) is 3.01. The fourth-order valence-electron chi connectivity index (χ4n) is 1.55. The Morgan fingerprint density at radius 3 is 2.75 bits per heavy atom. The van der Waals surface area contributed by atoms with E-state index in [0.717, 1.165) is 0 Å². The van der Waals surface area contributed by atoms with Gasteiger partial charge in [0.15, 0.2) is 0 Å². The monoisotopic (exact) mass is 269 g/mol. The summed E-state index contributed by atoms with van der Waals surface area (Å²) < 4.78 is 0. The summed E-state index contributed by atoms with van der Waals surface area (Å²) in [5, 5.41) is 18.1. The summed E-state index contributed by atoms with van der Waals surface area (Å²) in [7, 11) is 0. The van der Waals surface area contributed by atoms with Gasteiger partial charge in [-0.15, -0.1) is 5.10 Å². The minimum Gasteiger partial charge on any atom is -0.319 e. The van der Waals surface area contributed by atoms with Crippen LogP contribution in [0.4, 0.5) is 5.69 Å². The maximum Gasteiger partial charge on any atom is 0.295 e. The van der Waals surface area contributed by atoms with Gasteiger partial charge in [0.1, 0.15) is 5.82 Å². The molecule has 0 spiro atoms. The number of nitrogens with zero attached hydrogens (tertiary/aromatic N) is 3. The third-order valence-electron chi connectivity index (χ3n) is 2.65. The summed E-state index contributed by atoms with van der Waals surface area (Å²) in [5.41, 5.74) is 0.816. The van der Waals surface area contributed by atoms with E-state index in [4.69, 9.17) is 5.26 Å². The lowest BCUT2D eigenvalue weighted by atomic mass is 9.96. The molecule has 6 nitrogen and oxygen atoms in total. The maximum atomic E-state index is 12.0. The van der Waals surface area contributed by atoms with Crippen molar-refractivity contribution in [3.8, 4) is 6.07 Å². The summed E-state index contributed by atoms with van der Waals surface area (Å²) in [4.78, 5) is 16.2. The highest BCUT2D eigenvalue weighted by atomic mass is 16.2. The van der Waals surface area contributed by atoms with Gasteiger partial charge in [0, 0.05) is 11.1 Å². The van der Waals surface area contributed by atoms with Crippen molar-refractivity contribution in [3.63, 3.8) is 0 Å². The number of nitriles is 1. The zero-order chi connectivity index (χ0) is 14.8. The number of benzene rings is 1. The lowest BCUT2D eigenvalue weighted by Crippen LogP contribution is -2.16. The van der Waals surface area contributed by atoms with E-state index in [1.807, 2.05) is 26.8 Å². The topological polar surface area (TPSA) is 94.5 Å². The molecule has 1 aromatic heterocycles. The first-order valence-electron chi connectivity index (χ1n) is 6.14. The number of hydrogen-bond acceptors (Lipinski definition) is 4. The molecule has 1 heterocycles. The molecule has 0 radical (unpaired) electrons. The Morgan fingerprint density at radius 1 is 1.40 bits per heavy atom. The highest BCUT2D eigenvalue weighted by Gasteiger charge is 2.21. The van der Waals surface area contributed by atoms with Crippen LogP contribution in [0.3, 0.4) is 0 Å². The number of aromatic amines is 1. The lowest BCUT2D eigenvalue weighted by molar-refractivity contribution is 0.101. The second kappa shape index (κ2) is 5.13. The fraction of sp³-hybridized carbons (Fsp3) is 0.286. The van der Waals surface area contributed by atoms with Gasteiger partial charge in [-0.25, -0.2) is 4.98 Å². The molecule has 0 aliphatic heterocycles. The van der Waals surface area contributed by atoms with Crippen molar-refractivity contribution in [2.75, 3.05) is 5.32 Å². The summed E-state index contributed by atoms with van der Waals surface area (Å²) in [5.74, 6) is 0.317. The van der Waals surface area contributed by atoms with Gasteiger partial charge in [-0.2, -0.15) is 5.26 Å². The molecule has 1 amide bonds. The second-order valence-electron chi connectivity index (χ2n) is 5.40. The van der Waals surface area contributed by atoms with Crippen molar-refractivity contribution in [1.29, 1.82) is 5.26 Å². The molecule has 0 atom stereocenters. The van der Waals surface area contributed by atoms with E-state index in [0.29, 0.717) is 17.1 Å². The highest BCUT2D eigenvalue weighted by molar-refractivity contribution is 6.01. The van der Waals surface area contributed by atoms with Crippen molar-refractivity contribution < 1.29 is 4.79 Å². The Labute approximate surface area is 116 Å². The summed E-state index contributed by atoms with van der Waals surface area (Å²) in [6, 6.07) is 8.68. The SMILES string of the molecule is CC(C)(C)c1nc(C(=O)Nc2cccc(C#N)c2)n[nH]1. The quantitative estimate of drug-likeness (QED) is 0.874. The molecule has 0 aliphatic carbocycles. The Hall–Kier alpha value is -2.68. The number of hydrogen-bond donors (Lipinski definition) is 2. The summed E-state index contributed by atoms with van der Waals surface area (Å²) in [6.07, 6.45) is 0. The minimum absolute atomic E-state index is 0.0808. The van der Waals surface area contributed by atoms with Crippen LogP contribution in [0.15, 0.2) is 24.3 Å². The van der Waals surface area contributed by atoms with Crippen LogP contribution in [0.25, 0.3) is 0 Å². The fourth-order valence-corrected chi connectivity index (χ4v) is 1.55. The molecule has 20 heavy (non-hydrogen) atoms. The van der Waals surface area contributed by atoms with E-state index >= 15 is 0 Å². The lowest BCUT2D eigenvalue weighted by Gasteiger charge is -2.12. The number of carbonyl (C=O) groups is 1. The predicted molar refractivity (Wildman–Crippen MR) is 74.2 cm³/mol. The Bertz CT molecular complexity index is 675. The maximum absolute atomic E-state index is 12.0. The van der Waals surface area contributed by atoms with Crippen LogP contribution in [0.1, 0.15) is 42.8 Å². The van der Waals surface area contributed by atoms with Gasteiger partial charge in [0.25, 0.3) is 5.91 Å². The molecule has 2 N–H and O–H groups in total.